The Hall–Kier alpha value is -2.79. The summed E-state index contributed by atoms with van der Waals surface area (Å²) in [5, 5.41) is 15.8. The number of hydrogen-bond acceptors (Lipinski definition) is 3. The molecule has 0 bridgehead atoms. The van der Waals surface area contributed by atoms with Gasteiger partial charge < -0.3 is 9.84 Å². The van der Waals surface area contributed by atoms with E-state index in [-0.39, 0.29) is 5.69 Å². The Kier molecular flexibility index (Phi) is 4.30. The molecule has 0 aliphatic rings. The molecule has 2 N–H and O–H groups in total. The van der Waals surface area contributed by atoms with E-state index in [9.17, 15) is 4.79 Å². The highest BCUT2D eigenvalue weighted by Gasteiger charge is 2.12. The molecule has 0 fully saturated rings. The van der Waals surface area contributed by atoms with Gasteiger partial charge in [0.05, 0.1) is 10.7 Å². The molecule has 1 aromatic heterocycles. The van der Waals surface area contributed by atoms with Crippen LogP contribution in [-0.4, -0.2) is 21.3 Å². The van der Waals surface area contributed by atoms with Gasteiger partial charge in [0.15, 0.2) is 0 Å². The van der Waals surface area contributed by atoms with Crippen molar-refractivity contribution in [3.05, 3.63) is 70.9 Å². The fourth-order valence-corrected chi connectivity index (χ4v) is 2.37. The summed E-state index contributed by atoms with van der Waals surface area (Å²) in [5.41, 5.74) is 2.19. The summed E-state index contributed by atoms with van der Waals surface area (Å²) in [6.45, 7) is 0.447. The normalized spacial score (nSPS) is 10.5. The number of nitrogens with zero attached hydrogens (tertiary/aromatic N) is 1. The van der Waals surface area contributed by atoms with Crippen molar-refractivity contribution in [1.82, 2.24) is 10.2 Å². The third kappa shape index (κ3) is 3.52. The molecule has 0 amide bonds. The minimum Gasteiger partial charge on any atom is -0.489 e. The molecule has 6 heteroatoms. The maximum atomic E-state index is 10.9. The number of aromatic carboxylic acids is 1. The number of carboxylic acids is 1. The fraction of sp³-hybridized carbons (Fsp3) is 0.0588. The highest BCUT2D eigenvalue weighted by atomic mass is 35.5. The molecule has 0 aliphatic heterocycles. The van der Waals surface area contributed by atoms with Crippen LogP contribution in [0, 0.1) is 0 Å². The van der Waals surface area contributed by atoms with Crippen LogP contribution in [0.3, 0.4) is 0 Å². The third-order valence-electron chi connectivity index (χ3n) is 3.27. The lowest BCUT2D eigenvalue weighted by Gasteiger charge is -2.08. The van der Waals surface area contributed by atoms with Gasteiger partial charge in [-0.15, -0.1) is 0 Å². The van der Waals surface area contributed by atoms with E-state index in [2.05, 4.69) is 10.2 Å². The van der Waals surface area contributed by atoms with Gasteiger partial charge >= 0.3 is 5.97 Å². The Labute approximate surface area is 137 Å². The molecule has 116 valence electrons. The highest BCUT2D eigenvalue weighted by Crippen LogP contribution is 2.30. The predicted octanol–water partition coefficient (Wildman–Crippen LogP) is 4.01. The topological polar surface area (TPSA) is 75.2 Å². The molecule has 5 nitrogen and oxygen atoms in total. The van der Waals surface area contributed by atoms with Gasteiger partial charge in [-0.25, -0.2) is 4.79 Å². The number of ether oxygens (including phenoxy) is 1. The number of carbonyl (C=O) groups is 1. The number of H-pyrrole nitrogens is 1. The molecule has 2 aromatic carbocycles. The molecule has 0 aliphatic carbocycles. The van der Waals surface area contributed by atoms with E-state index < -0.39 is 5.97 Å². The Morgan fingerprint density at radius 3 is 2.61 bits per heavy atom. The molecule has 0 atom stereocenters. The van der Waals surface area contributed by atoms with E-state index >= 15 is 0 Å². The zero-order chi connectivity index (χ0) is 16.2. The molecule has 23 heavy (non-hydrogen) atoms. The van der Waals surface area contributed by atoms with Crippen LogP contribution in [0.4, 0.5) is 0 Å². The number of hydrogen-bond donors (Lipinski definition) is 2. The van der Waals surface area contributed by atoms with Gasteiger partial charge in [0.1, 0.15) is 18.1 Å². The lowest BCUT2D eigenvalue weighted by atomic mass is 10.1. The second-order valence-electron chi connectivity index (χ2n) is 4.89. The molecule has 0 saturated carbocycles. The minimum atomic E-state index is -1.07. The van der Waals surface area contributed by atoms with E-state index in [4.69, 9.17) is 21.4 Å². The number of nitrogens with one attached hydrogen (secondary N) is 1. The van der Waals surface area contributed by atoms with E-state index in [0.29, 0.717) is 28.6 Å². The average molecular weight is 329 g/mol. The molecular formula is C17H13ClN2O3. The van der Waals surface area contributed by atoms with Gasteiger partial charge in [-0.3, -0.25) is 5.10 Å². The summed E-state index contributed by atoms with van der Waals surface area (Å²) < 4.78 is 5.70. The van der Waals surface area contributed by atoms with Crippen LogP contribution in [0.1, 0.15) is 16.1 Å². The van der Waals surface area contributed by atoms with Crippen LogP contribution in [0.15, 0.2) is 54.6 Å². The van der Waals surface area contributed by atoms with Crippen molar-refractivity contribution in [3.8, 4) is 17.0 Å². The second-order valence-corrected chi connectivity index (χ2v) is 5.30. The third-order valence-corrected chi connectivity index (χ3v) is 3.59. The fourth-order valence-electron chi connectivity index (χ4n) is 2.10. The number of aromatic nitrogens is 2. The Balaban J connectivity index is 1.76. The number of benzene rings is 2. The predicted molar refractivity (Wildman–Crippen MR) is 86.8 cm³/mol. The van der Waals surface area contributed by atoms with Gasteiger partial charge in [0.25, 0.3) is 0 Å². The van der Waals surface area contributed by atoms with Crippen LogP contribution >= 0.6 is 11.6 Å². The zero-order valence-electron chi connectivity index (χ0n) is 12.0. The van der Waals surface area contributed by atoms with E-state index in [1.165, 1.54) is 6.07 Å². The lowest BCUT2D eigenvalue weighted by Crippen LogP contribution is -1.95. The van der Waals surface area contributed by atoms with Gasteiger partial charge in [0, 0.05) is 5.56 Å². The minimum absolute atomic E-state index is 0.0143. The van der Waals surface area contributed by atoms with Crippen LogP contribution in [0.2, 0.25) is 5.02 Å². The van der Waals surface area contributed by atoms with Gasteiger partial charge in [-0.2, -0.15) is 5.10 Å². The lowest BCUT2D eigenvalue weighted by molar-refractivity contribution is 0.0690. The number of aromatic amines is 1. The molecule has 1 heterocycles. The number of carboxylic acid groups (broad SMARTS) is 1. The van der Waals surface area contributed by atoms with Crippen molar-refractivity contribution in [1.29, 1.82) is 0 Å². The Morgan fingerprint density at radius 2 is 1.96 bits per heavy atom. The Bertz CT molecular complexity index is 831. The van der Waals surface area contributed by atoms with Gasteiger partial charge in [0.2, 0.25) is 0 Å². The van der Waals surface area contributed by atoms with Crippen molar-refractivity contribution in [3.63, 3.8) is 0 Å². The summed E-state index contributed by atoms with van der Waals surface area (Å²) >= 11 is 6.25. The van der Waals surface area contributed by atoms with E-state index in [0.717, 1.165) is 5.56 Å². The van der Waals surface area contributed by atoms with Crippen LogP contribution in [0.25, 0.3) is 11.3 Å². The van der Waals surface area contributed by atoms with Gasteiger partial charge in [-0.1, -0.05) is 41.9 Å². The van der Waals surface area contributed by atoms with Gasteiger partial charge in [-0.05, 0) is 29.8 Å². The first-order valence-corrected chi connectivity index (χ1v) is 7.26. The molecule has 0 unspecified atom stereocenters. The first-order valence-electron chi connectivity index (χ1n) is 6.89. The maximum Gasteiger partial charge on any atom is 0.353 e. The van der Waals surface area contributed by atoms with E-state index in [1.54, 1.807) is 18.2 Å². The van der Waals surface area contributed by atoms with Crippen molar-refractivity contribution in [2.45, 2.75) is 6.61 Å². The molecule has 0 saturated heterocycles. The summed E-state index contributed by atoms with van der Waals surface area (Å²) in [6, 6.07) is 16.5. The monoisotopic (exact) mass is 328 g/mol. The van der Waals surface area contributed by atoms with Crippen LogP contribution < -0.4 is 4.74 Å². The van der Waals surface area contributed by atoms with Crippen molar-refractivity contribution in [2.75, 3.05) is 0 Å². The van der Waals surface area contributed by atoms with Crippen LogP contribution in [0.5, 0.6) is 5.75 Å². The second kappa shape index (κ2) is 6.54. The smallest absolute Gasteiger partial charge is 0.353 e. The summed E-state index contributed by atoms with van der Waals surface area (Å²) in [7, 11) is 0. The number of rotatable bonds is 5. The van der Waals surface area contributed by atoms with Crippen molar-refractivity contribution < 1.29 is 14.6 Å². The molecule has 3 rings (SSSR count). The maximum absolute atomic E-state index is 10.9. The van der Waals surface area contributed by atoms with Crippen molar-refractivity contribution >= 4 is 17.6 Å². The zero-order valence-corrected chi connectivity index (χ0v) is 12.7. The molecular weight excluding hydrogens is 316 g/mol. The summed E-state index contributed by atoms with van der Waals surface area (Å²) in [6.07, 6.45) is 0. The van der Waals surface area contributed by atoms with Crippen molar-refractivity contribution in [2.24, 2.45) is 0 Å². The summed E-state index contributed by atoms with van der Waals surface area (Å²) in [4.78, 5) is 10.9. The Morgan fingerprint density at radius 1 is 1.17 bits per heavy atom. The standard InChI is InChI=1S/C17H13ClN2O3/c18-14-8-12(23-10-11-4-2-1-3-5-11)6-7-13(14)15-9-16(17(21)22)20-19-15/h1-9H,10H2,(H,19,20)(H,21,22). The first kappa shape index (κ1) is 15.1. The molecule has 0 radical (unpaired) electrons. The van der Waals surface area contributed by atoms with Crippen LogP contribution in [-0.2, 0) is 6.61 Å². The summed E-state index contributed by atoms with van der Waals surface area (Å²) in [5.74, 6) is -0.431. The number of halogens is 1. The molecule has 3 aromatic rings. The largest absolute Gasteiger partial charge is 0.489 e. The average Bonchev–Trinajstić information content (AvgIpc) is 3.04. The quantitative estimate of drug-likeness (QED) is 0.742. The first-order chi connectivity index (χ1) is 11.1. The molecule has 0 spiro atoms. The highest BCUT2D eigenvalue weighted by molar-refractivity contribution is 6.33. The SMILES string of the molecule is O=C(O)c1cc(-c2ccc(OCc3ccccc3)cc2Cl)n[nH]1. The van der Waals surface area contributed by atoms with E-state index in [1.807, 2.05) is 30.3 Å².